The highest BCUT2D eigenvalue weighted by Crippen LogP contribution is 2.38. The summed E-state index contributed by atoms with van der Waals surface area (Å²) in [5.41, 5.74) is 0.714. The first-order valence-corrected chi connectivity index (χ1v) is 7.80. The molecule has 2 heterocycles. The molecule has 1 aliphatic heterocycles. The first-order chi connectivity index (χ1) is 11.8. The summed E-state index contributed by atoms with van der Waals surface area (Å²) in [4.78, 5) is 14.3. The number of aryl methyl sites for hydroxylation is 2. The van der Waals surface area contributed by atoms with E-state index in [4.69, 9.17) is 4.74 Å². The van der Waals surface area contributed by atoms with Crippen molar-refractivity contribution in [2.75, 3.05) is 18.1 Å². The highest BCUT2D eigenvalue weighted by atomic mass is 19.4. The van der Waals surface area contributed by atoms with Crippen LogP contribution >= 0.6 is 0 Å². The van der Waals surface area contributed by atoms with E-state index < -0.39 is 17.6 Å². The Kier molecular flexibility index (Phi) is 4.36. The van der Waals surface area contributed by atoms with Crippen LogP contribution in [0.15, 0.2) is 24.3 Å². The monoisotopic (exact) mass is 351 g/mol. The molecule has 25 heavy (non-hydrogen) atoms. The number of alkyl halides is 3. The molecule has 0 spiro atoms. The zero-order valence-electron chi connectivity index (χ0n) is 13.7. The molecule has 2 aromatic rings. The number of hydrogen-bond acceptors (Lipinski definition) is 4. The van der Waals surface area contributed by atoms with Gasteiger partial charge in [0.1, 0.15) is 12.4 Å². The van der Waals surface area contributed by atoms with Gasteiger partial charge in [-0.15, -0.1) is 0 Å². The van der Waals surface area contributed by atoms with Crippen LogP contribution in [0.4, 0.5) is 18.9 Å². The van der Waals surface area contributed by atoms with Gasteiger partial charge in [0.2, 0.25) is 0 Å². The fourth-order valence-corrected chi connectivity index (χ4v) is 2.71. The number of halogens is 3. The second-order valence-electron chi connectivity index (χ2n) is 5.69. The van der Waals surface area contributed by atoms with Crippen molar-refractivity contribution in [2.45, 2.75) is 26.4 Å². The summed E-state index contributed by atoms with van der Waals surface area (Å²) in [6, 6.07) is 4.74. The fraction of sp³-hybridized carbons (Fsp3) is 0.353. The van der Waals surface area contributed by atoms with Crippen LogP contribution in [0.3, 0.4) is 0 Å². The van der Waals surface area contributed by atoms with E-state index in [0.29, 0.717) is 23.4 Å². The average molecular weight is 351 g/mol. The van der Waals surface area contributed by atoms with Crippen LogP contribution in [0, 0.1) is 6.92 Å². The fourth-order valence-electron chi connectivity index (χ4n) is 2.71. The lowest BCUT2D eigenvalue weighted by Crippen LogP contribution is -2.38. The highest BCUT2D eigenvalue weighted by molar-refractivity contribution is 6.07. The van der Waals surface area contributed by atoms with Gasteiger partial charge in [0.05, 0.1) is 34.7 Å². The Hall–Kier alpha value is -2.64. The molecule has 0 saturated heterocycles. The van der Waals surface area contributed by atoms with Crippen molar-refractivity contribution < 1.29 is 22.7 Å². The Morgan fingerprint density at radius 1 is 1.28 bits per heavy atom. The molecule has 0 saturated carbocycles. The Morgan fingerprint density at radius 3 is 2.72 bits per heavy atom. The first kappa shape index (κ1) is 17.2. The van der Waals surface area contributed by atoms with Crippen molar-refractivity contribution in [3.05, 3.63) is 46.8 Å². The minimum absolute atomic E-state index is 0.114. The lowest BCUT2D eigenvalue weighted by atomic mass is 10.1. The van der Waals surface area contributed by atoms with Gasteiger partial charge in [-0.1, -0.05) is 6.92 Å². The summed E-state index contributed by atoms with van der Waals surface area (Å²) >= 11 is 0. The third-order valence-electron chi connectivity index (χ3n) is 3.95. The molecular formula is C17H16F3N3O2. The van der Waals surface area contributed by atoms with Gasteiger partial charge in [-0.05, 0) is 37.6 Å². The summed E-state index contributed by atoms with van der Waals surface area (Å²) < 4.78 is 44.5. The maximum atomic E-state index is 13.0. The van der Waals surface area contributed by atoms with Crippen LogP contribution in [0.5, 0.6) is 5.75 Å². The molecule has 5 nitrogen and oxygen atoms in total. The first-order valence-electron chi connectivity index (χ1n) is 7.80. The molecule has 1 aromatic carbocycles. The van der Waals surface area contributed by atoms with E-state index in [-0.39, 0.29) is 24.6 Å². The smallest absolute Gasteiger partial charge is 0.416 e. The molecule has 0 unspecified atom stereocenters. The Balaban J connectivity index is 2.06. The number of aromatic nitrogens is 2. The lowest BCUT2D eigenvalue weighted by Gasteiger charge is -2.30. The predicted molar refractivity (Wildman–Crippen MR) is 84.8 cm³/mol. The summed E-state index contributed by atoms with van der Waals surface area (Å²) in [6.45, 7) is 3.92. The predicted octanol–water partition coefficient (Wildman–Crippen LogP) is 3.41. The van der Waals surface area contributed by atoms with E-state index in [2.05, 4.69) is 10.2 Å². The third-order valence-corrected chi connectivity index (χ3v) is 3.95. The SMILES string of the molecule is CCc1nnc(C)cc1C(=O)N1CCOc2ccc(C(F)(F)F)cc21. The molecule has 0 atom stereocenters. The van der Waals surface area contributed by atoms with E-state index >= 15 is 0 Å². The number of rotatable bonds is 2. The molecule has 0 radical (unpaired) electrons. The van der Waals surface area contributed by atoms with E-state index in [1.54, 1.807) is 13.0 Å². The Morgan fingerprint density at radius 2 is 2.04 bits per heavy atom. The van der Waals surface area contributed by atoms with Gasteiger partial charge >= 0.3 is 6.18 Å². The third kappa shape index (κ3) is 3.29. The normalized spacial score (nSPS) is 14.0. The maximum Gasteiger partial charge on any atom is 0.416 e. The number of amides is 1. The average Bonchev–Trinajstić information content (AvgIpc) is 2.59. The number of benzene rings is 1. The van der Waals surface area contributed by atoms with Gasteiger partial charge < -0.3 is 9.64 Å². The molecule has 1 aromatic heterocycles. The summed E-state index contributed by atoms with van der Waals surface area (Å²) in [5, 5.41) is 7.95. The molecule has 132 valence electrons. The quantitative estimate of drug-likeness (QED) is 0.832. The molecule has 0 aliphatic carbocycles. The molecule has 0 N–H and O–H groups in total. The van der Waals surface area contributed by atoms with Gasteiger partial charge in [-0.3, -0.25) is 4.79 Å². The number of carbonyl (C=O) groups is 1. The molecular weight excluding hydrogens is 335 g/mol. The largest absolute Gasteiger partial charge is 0.490 e. The zero-order chi connectivity index (χ0) is 18.2. The molecule has 3 rings (SSSR count). The van der Waals surface area contributed by atoms with Gasteiger partial charge in [0.25, 0.3) is 5.91 Å². The van der Waals surface area contributed by atoms with Crippen LogP contribution in [-0.2, 0) is 12.6 Å². The van der Waals surface area contributed by atoms with Crippen molar-refractivity contribution in [3.8, 4) is 5.75 Å². The minimum Gasteiger partial charge on any atom is -0.490 e. The topological polar surface area (TPSA) is 55.3 Å². The van der Waals surface area contributed by atoms with Crippen molar-refractivity contribution in [3.63, 3.8) is 0 Å². The van der Waals surface area contributed by atoms with Crippen LogP contribution in [-0.4, -0.2) is 29.3 Å². The van der Waals surface area contributed by atoms with Crippen LogP contribution in [0.2, 0.25) is 0 Å². The maximum absolute atomic E-state index is 13.0. The van der Waals surface area contributed by atoms with E-state index in [1.165, 1.54) is 11.0 Å². The van der Waals surface area contributed by atoms with E-state index in [9.17, 15) is 18.0 Å². The van der Waals surface area contributed by atoms with Gasteiger partial charge in [-0.25, -0.2) is 0 Å². The van der Waals surface area contributed by atoms with Crippen LogP contribution in [0.25, 0.3) is 0 Å². The number of anilines is 1. The lowest BCUT2D eigenvalue weighted by molar-refractivity contribution is -0.137. The van der Waals surface area contributed by atoms with Crippen molar-refractivity contribution in [1.29, 1.82) is 0 Å². The molecule has 0 fully saturated rings. The standard InChI is InChI=1S/C17H16F3N3O2/c1-3-13-12(8-10(2)21-22-13)16(24)23-6-7-25-15-5-4-11(9-14(15)23)17(18,19)20/h4-5,8-9H,3,6-7H2,1-2H3. The highest BCUT2D eigenvalue weighted by Gasteiger charge is 2.34. The van der Waals surface area contributed by atoms with E-state index in [1.807, 2.05) is 6.92 Å². The molecule has 0 bridgehead atoms. The van der Waals surface area contributed by atoms with Crippen LogP contribution in [0.1, 0.15) is 34.2 Å². The second kappa shape index (κ2) is 6.34. The summed E-state index contributed by atoms with van der Waals surface area (Å²) in [7, 11) is 0. The Labute approximate surface area is 142 Å². The van der Waals surface area contributed by atoms with Gasteiger partial charge in [-0.2, -0.15) is 23.4 Å². The van der Waals surface area contributed by atoms with Crippen molar-refractivity contribution in [1.82, 2.24) is 10.2 Å². The Bertz CT molecular complexity index is 821. The van der Waals surface area contributed by atoms with Gasteiger partial charge in [0, 0.05) is 0 Å². The second-order valence-corrected chi connectivity index (χ2v) is 5.69. The molecule has 1 aliphatic rings. The number of fused-ring (bicyclic) bond motifs is 1. The summed E-state index contributed by atoms with van der Waals surface area (Å²) in [5.74, 6) is -0.150. The molecule has 8 heteroatoms. The minimum atomic E-state index is -4.50. The summed E-state index contributed by atoms with van der Waals surface area (Å²) in [6.07, 6.45) is -4.00. The van der Waals surface area contributed by atoms with Crippen LogP contribution < -0.4 is 9.64 Å². The zero-order valence-corrected chi connectivity index (χ0v) is 13.7. The van der Waals surface area contributed by atoms with Crippen molar-refractivity contribution >= 4 is 11.6 Å². The molecule has 1 amide bonds. The number of hydrogen-bond donors (Lipinski definition) is 0. The number of carbonyl (C=O) groups excluding carboxylic acids is 1. The number of nitrogens with zero attached hydrogens (tertiary/aromatic N) is 3. The van der Waals surface area contributed by atoms with E-state index in [0.717, 1.165) is 12.1 Å². The van der Waals surface area contributed by atoms with Crippen molar-refractivity contribution in [2.24, 2.45) is 0 Å². The number of ether oxygens (including phenoxy) is 1. The van der Waals surface area contributed by atoms with Gasteiger partial charge in [0.15, 0.2) is 0 Å².